The van der Waals surface area contributed by atoms with E-state index in [1.54, 1.807) is 14.2 Å². The maximum absolute atomic E-state index is 13.8. The summed E-state index contributed by atoms with van der Waals surface area (Å²) in [6.45, 7) is 1.71. The lowest BCUT2D eigenvalue weighted by atomic mass is 9.97. The quantitative estimate of drug-likeness (QED) is 0.0418. The van der Waals surface area contributed by atoms with Gasteiger partial charge in [0.2, 0.25) is 0 Å². The summed E-state index contributed by atoms with van der Waals surface area (Å²) in [4.78, 5) is 27.5. The van der Waals surface area contributed by atoms with E-state index >= 15 is 0 Å². The van der Waals surface area contributed by atoms with Crippen molar-refractivity contribution in [3.05, 3.63) is 263 Å². The molecule has 4 heterocycles. The maximum Gasteiger partial charge on any atom is 0.344 e. The zero-order valence-corrected chi connectivity index (χ0v) is 48.6. The zero-order valence-electron chi connectivity index (χ0n) is 48.6. The van der Waals surface area contributed by atoms with Crippen LogP contribution in [0.4, 0.5) is 0 Å². The number of carbonyl (C=O) groups excluding carboxylic acids is 2. The van der Waals surface area contributed by atoms with Gasteiger partial charge in [-0.05, 0) is 51.6 Å². The van der Waals surface area contributed by atoms with Crippen LogP contribution in [0, 0.1) is 0 Å². The number of hydrogen-bond donors (Lipinski definition) is 0. The number of ether oxygens (including phenoxy) is 12. The van der Waals surface area contributed by atoms with E-state index in [1.807, 2.05) is 182 Å². The Morgan fingerprint density at radius 1 is 0.375 bits per heavy atom. The van der Waals surface area contributed by atoms with E-state index in [0.29, 0.717) is 0 Å². The molecule has 0 bridgehead atoms. The average molecular weight is 1190 g/mol. The Kier molecular flexibility index (Phi) is 21.4. The van der Waals surface area contributed by atoms with Gasteiger partial charge in [-0.25, -0.2) is 19.0 Å². The van der Waals surface area contributed by atoms with Crippen LogP contribution in [-0.4, -0.2) is 118 Å². The van der Waals surface area contributed by atoms with Crippen LogP contribution in [0.5, 0.6) is 11.8 Å². The van der Waals surface area contributed by atoms with Gasteiger partial charge in [-0.15, -0.1) is 0 Å². The Hall–Kier alpha value is -8.64. The monoisotopic (exact) mass is 1190 g/mol. The molecule has 2 aromatic heterocycles. The van der Waals surface area contributed by atoms with Crippen LogP contribution in [0.15, 0.2) is 219 Å². The Morgan fingerprint density at radius 2 is 0.659 bits per heavy atom. The number of aromatic nitrogens is 6. The summed E-state index contributed by atoms with van der Waals surface area (Å²) in [7, 11) is 3.10. The summed E-state index contributed by atoms with van der Waals surface area (Å²) in [6.07, 6.45) is -4.53. The van der Waals surface area contributed by atoms with Crippen LogP contribution in [0.1, 0.15) is 54.1 Å². The van der Waals surface area contributed by atoms with Gasteiger partial charge in [-0.3, -0.25) is 0 Å². The Balaban J connectivity index is 0.759. The molecule has 10 atom stereocenters. The SMILES string of the molecule is CO[C@H]1O[C@H](Cn2cc(OC(=O)c3cccc(C(=O)Oc4cn(C[C@H]5O[C@H](OC)[C@H](OCc6ccccc6)[C@@H](OCc6ccccc6)[C@@H]5OCc5ccccc5)nn4)c3)nn2)[C@@H](OCc2ccccc2)[C@H](OCc2ccccc2)[C@H]1OCc1ccccc1. The minimum atomic E-state index is -0.879. The van der Waals surface area contributed by atoms with Crippen molar-refractivity contribution < 1.29 is 66.4 Å². The summed E-state index contributed by atoms with van der Waals surface area (Å²) in [5, 5.41) is 16.9. The molecule has 0 unspecified atom stereocenters. The first-order valence-electron chi connectivity index (χ1n) is 29.0. The molecular formula is C68H68N6O14. The molecule has 11 rings (SSSR count). The molecule has 9 aromatic rings. The van der Waals surface area contributed by atoms with Gasteiger partial charge in [0.25, 0.3) is 11.8 Å². The largest absolute Gasteiger partial charge is 0.400 e. The normalized spacial score (nSPS) is 21.8. The van der Waals surface area contributed by atoms with Crippen LogP contribution < -0.4 is 9.47 Å². The second kappa shape index (κ2) is 30.8. The van der Waals surface area contributed by atoms with Gasteiger partial charge in [-0.2, -0.15) is 0 Å². The molecular weight excluding hydrogens is 1120 g/mol. The van der Waals surface area contributed by atoms with Crippen molar-refractivity contribution in [1.82, 2.24) is 30.0 Å². The molecule has 0 N–H and O–H groups in total. The van der Waals surface area contributed by atoms with E-state index in [2.05, 4.69) is 20.6 Å². The highest BCUT2D eigenvalue weighted by atomic mass is 16.7. The highest BCUT2D eigenvalue weighted by Gasteiger charge is 2.50. The highest BCUT2D eigenvalue weighted by Crippen LogP contribution is 2.34. The van der Waals surface area contributed by atoms with Crippen LogP contribution in [0.3, 0.4) is 0 Å². The molecule has 7 aromatic carbocycles. The lowest BCUT2D eigenvalue weighted by Crippen LogP contribution is -2.61. The number of esters is 2. The molecule has 2 saturated heterocycles. The topological polar surface area (TPSA) is 206 Å². The van der Waals surface area contributed by atoms with Crippen LogP contribution in [0.2, 0.25) is 0 Å². The molecule has 2 fully saturated rings. The van der Waals surface area contributed by atoms with Gasteiger partial charge in [-0.1, -0.05) is 209 Å². The third kappa shape index (κ3) is 16.5. The van der Waals surface area contributed by atoms with Gasteiger partial charge in [0, 0.05) is 14.2 Å². The van der Waals surface area contributed by atoms with Gasteiger partial charge < -0.3 is 56.8 Å². The summed E-state index contributed by atoms with van der Waals surface area (Å²) < 4.78 is 79.8. The van der Waals surface area contributed by atoms with Crippen molar-refractivity contribution in [2.75, 3.05) is 14.2 Å². The number of hydrogen-bond acceptors (Lipinski definition) is 18. The Morgan fingerprint density at radius 3 is 0.955 bits per heavy atom. The van der Waals surface area contributed by atoms with Crippen molar-refractivity contribution >= 4 is 11.9 Å². The second-order valence-corrected chi connectivity index (χ2v) is 21.0. The zero-order chi connectivity index (χ0) is 60.3. The van der Waals surface area contributed by atoms with E-state index < -0.39 is 73.4 Å². The second-order valence-electron chi connectivity index (χ2n) is 21.0. The predicted molar refractivity (Wildman–Crippen MR) is 318 cm³/mol. The van der Waals surface area contributed by atoms with Crippen molar-refractivity contribution in [2.45, 2.75) is 114 Å². The first-order chi connectivity index (χ1) is 43.3. The highest BCUT2D eigenvalue weighted by molar-refractivity contribution is 5.96. The lowest BCUT2D eigenvalue weighted by Gasteiger charge is -2.45. The standard InChI is InChI=1S/C68H68N6O14/c1-77-67-63(83-45-51-30-17-7-18-31-51)61(81-43-49-26-13-5-14-27-49)59(79-41-47-22-9-3-10-23-47)55(85-67)37-73-39-57(69-71-73)87-65(75)53-34-21-35-54(36-53)66(76)88-58-40-74(72-70-58)38-56-60(80-42-48-24-11-4-12-25-48)62(82-44-50-28-15-6-16-29-50)64(68(78-2)86-56)84-46-52-32-19-8-20-33-52/h3-36,39-40,55-56,59-64,67-68H,37-38,41-46H2,1-2H3/t55-,56-,59-,60-,61+,62+,63-,64-,67+,68+/m1/s1. The third-order valence-electron chi connectivity index (χ3n) is 14.9. The smallest absolute Gasteiger partial charge is 0.344 e. The number of benzene rings is 7. The van der Waals surface area contributed by atoms with E-state index in [9.17, 15) is 9.59 Å². The van der Waals surface area contributed by atoms with E-state index in [4.69, 9.17) is 56.8 Å². The molecule has 20 nitrogen and oxygen atoms in total. The number of rotatable bonds is 28. The summed E-state index contributed by atoms with van der Waals surface area (Å²) >= 11 is 0. The lowest BCUT2D eigenvalue weighted by molar-refractivity contribution is -0.319. The number of nitrogens with zero attached hydrogens (tertiary/aromatic N) is 6. The van der Waals surface area contributed by atoms with Gasteiger partial charge >= 0.3 is 11.9 Å². The molecule has 0 amide bonds. The van der Waals surface area contributed by atoms with Crippen LogP contribution >= 0.6 is 0 Å². The molecule has 2 aliphatic heterocycles. The van der Waals surface area contributed by atoms with Crippen LogP contribution in [0.25, 0.3) is 0 Å². The van der Waals surface area contributed by atoms with E-state index in [0.717, 1.165) is 33.4 Å². The third-order valence-corrected chi connectivity index (χ3v) is 14.9. The maximum atomic E-state index is 13.8. The van der Waals surface area contributed by atoms with Gasteiger partial charge in [0.15, 0.2) is 12.6 Å². The summed E-state index contributed by atoms with van der Waals surface area (Å²) in [5.74, 6) is -1.82. The predicted octanol–water partition coefficient (Wildman–Crippen LogP) is 9.56. The molecule has 20 heteroatoms. The number of carbonyl (C=O) groups is 2. The molecule has 0 spiro atoms. The van der Waals surface area contributed by atoms with E-state index in [-0.39, 0.29) is 75.6 Å². The fourth-order valence-corrected chi connectivity index (χ4v) is 10.4. The van der Waals surface area contributed by atoms with Crippen molar-refractivity contribution in [2.24, 2.45) is 0 Å². The summed E-state index contributed by atoms with van der Waals surface area (Å²) in [5.41, 5.74) is 5.81. The molecule has 88 heavy (non-hydrogen) atoms. The molecule has 0 radical (unpaired) electrons. The van der Waals surface area contributed by atoms with Gasteiger partial charge in [0.1, 0.15) is 48.8 Å². The minimum Gasteiger partial charge on any atom is -0.400 e. The van der Waals surface area contributed by atoms with E-state index in [1.165, 1.54) is 46.0 Å². The van der Waals surface area contributed by atoms with Crippen molar-refractivity contribution in [3.8, 4) is 11.8 Å². The van der Waals surface area contributed by atoms with Crippen LogP contribution in [-0.2, 0) is 100 Å². The Bertz CT molecular complexity index is 3320. The summed E-state index contributed by atoms with van der Waals surface area (Å²) in [6, 6.07) is 64.8. The molecule has 2 aliphatic rings. The average Bonchev–Trinajstić information content (AvgIpc) is 1.91. The first-order valence-corrected chi connectivity index (χ1v) is 29.0. The molecule has 454 valence electrons. The minimum absolute atomic E-state index is 0.0410. The Labute approximate surface area is 509 Å². The molecule has 0 aliphatic carbocycles. The molecule has 0 saturated carbocycles. The number of methoxy groups -OCH3 is 2. The van der Waals surface area contributed by atoms with Crippen molar-refractivity contribution in [3.63, 3.8) is 0 Å². The van der Waals surface area contributed by atoms with Crippen molar-refractivity contribution in [1.29, 1.82) is 0 Å². The van der Waals surface area contributed by atoms with Gasteiger partial charge in [0.05, 0.1) is 76.3 Å². The first kappa shape index (κ1) is 61.0. The fourth-order valence-electron chi connectivity index (χ4n) is 10.4. The fraction of sp³-hybridized carbons (Fsp3) is 0.294.